The number of carbonyl (C=O) groups is 1. The second-order valence-electron chi connectivity index (χ2n) is 3.67. The van der Waals surface area contributed by atoms with Crippen LogP contribution in [0.25, 0.3) is 5.69 Å². The van der Waals surface area contributed by atoms with E-state index in [0.29, 0.717) is 5.69 Å². The first-order valence-electron chi connectivity index (χ1n) is 5.15. The molecule has 19 heavy (non-hydrogen) atoms. The molecule has 0 spiro atoms. The Hall–Kier alpha value is -3.32. The third-order valence-corrected chi connectivity index (χ3v) is 2.55. The number of nitriles is 2. The van der Waals surface area contributed by atoms with Crippen LogP contribution in [0.15, 0.2) is 24.5 Å². The fraction of sp³-hybridized carbons (Fsp3) is 0. The molecule has 0 fully saturated rings. The Balaban J connectivity index is 2.61. The van der Waals surface area contributed by atoms with Gasteiger partial charge in [-0.3, -0.25) is 9.36 Å². The first-order chi connectivity index (χ1) is 9.08. The van der Waals surface area contributed by atoms with Gasteiger partial charge in [-0.25, -0.2) is 4.98 Å². The number of nitrogens with two attached hydrogens (primary N) is 2. The second-order valence-corrected chi connectivity index (χ2v) is 3.67. The molecule has 2 aromatic rings. The van der Waals surface area contributed by atoms with Crippen molar-refractivity contribution in [1.29, 1.82) is 10.5 Å². The van der Waals surface area contributed by atoms with Crippen LogP contribution in [0.3, 0.4) is 0 Å². The van der Waals surface area contributed by atoms with E-state index in [9.17, 15) is 4.79 Å². The van der Waals surface area contributed by atoms with Gasteiger partial charge in [0.2, 0.25) is 5.91 Å². The molecule has 1 heterocycles. The smallest absolute Gasteiger partial charge is 0.248 e. The van der Waals surface area contributed by atoms with Crippen molar-refractivity contribution in [2.45, 2.75) is 0 Å². The molecular formula is C12H8N6O. The average molecular weight is 252 g/mol. The van der Waals surface area contributed by atoms with E-state index in [1.54, 1.807) is 6.07 Å². The summed E-state index contributed by atoms with van der Waals surface area (Å²) >= 11 is 0. The summed E-state index contributed by atoms with van der Waals surface area (Å²) in [4.78, 5) is 14.8. The monoisotopic (exact) mass is 252 g/mol. The number of benzene rings is 1. The van der Waals surface area contributed by atoms with Gasteiger partial charge < -0.3 is 11.5 Å². The molecule has 0 saturated heterocycles. The summed E-state index contributed by atoms with van der Waals surface area (Å²) in [7, 11) is 0. The lowest BCUT2D eigenvalue weighted by Crippen LogP contribution is -2.12. The molecule has 92 valence electrons. The zero-order valence-corrected chi connectivity index (χ0v) is 9.66. The van der Waals surface area contributed by atoms with E-state index in [1.165, 1.54) is 23.0 Å². The van der Waals surface area contributed by atoms with Crippen LogP contribution in [0.5, 0.6) is 0 Å². The quantitative estimate of drug-likeness (QED) is 0.741. The summed E-state index contributed by atoms with van der Waals surface area (Å²) < 4.78 is 1.39. The maximum atomic E-state index is 11.0. The predicted octanol–water partition coefficient (Wildman–Crippen LogP) is 0.297. The van der Waals surface area contributed by atoms with Gasteiger partial charge in [-0.15, -0.1) is 0 Å². The molecular weight excluding hydrogens is 244 g/mol. The van der Waals surface area contributed by atoms with Gasteiger partial charge in [-0.1, -0.05) is 0 Å². The molecule has 1 aromatic carbocycles. The number of amides is 1. The Morgan fingerprint density at radius 3 is 2.58 bits per heavy atom. The number of hydrogen-bond acceptors (Lipinski definition) is 5. The minimum atomic E-state index is -0.595. The highest BCUT2D eigenvalue weighted by molar-refractivity contribution is 5.94. The van der Waals surface area contributed by atoms with Gasteiger partial charge in [0.1, 0.15) is 18.5 Å². The first-order valence-corrected chi connectivity index (χ1v) is 5.15. The fourth-order valence-corrected chi connectivity index (χ4v) is 1.65. The number of hydrogen-bond donors (Lipinski definition) is 2. The summed E-state index contributed by atoms with van der Waals surface area (Å²) in [5, 5.41) is 17.9. The van der Waals surface area contributed by atoms with Crippen molar-refractivity contribution in [2.24, 2.45) is 5.73 Å². The van der Waals surface area contributed by atoms with E-state index in [-0.39, 0.29) is 22.6 Å². The summed E-state index contributed by atoms with van der Waals surface area (Å²) in [6, 6.07) is 8.14. The molecule has 7 heteroatoms. The van der Waals surface area contributed by atoms with Crippen LogP contribution in [0.1, 0.15) is 21.7 Å². The van der Waals surface area contributed by atoms with Crippen molar-refractivity contribution in [3.63, 3.8) is 0 Å². The third-order valence-electron chi connectivity index (χ3n) is 2.55. The summed E-state index contributed by atoms with van der Waals surface area (Å²) in [5.41, 5.74) is 12.0. The molecule has 4 N–H and O–H groups in total. The highest BCUT2D eigenvalue weighted by Crippen LogP contribution is 2.21. The van der Waals surface area contributed by atoms with Crippen molar-refractivity contribution in [1.82, 2.24) is 9.55 Å². The molecule has 0 aliphatic carbocycles. The van der Waals surface area contributed by atoms with Crippen LogP contribution >= 0.6 is 0 Å². The number of rotatable bonds is 2. The zero-order chi connectivity index (χ0) is 14.0. The highest BCUT2D eigenvalue weighted by atomic mass is 16.1. The van der Waals surface area contributed by atoms with E-state index in [1.807, 2.05) is 12.1 Å². The van der Waals surface area contributed by atoms with E-state index in [0.717, 1.165) is 0 Å². The third kappa shape index (κ3) is 1.96. The number of anilines is 1. The van der Waals surface area contributed by atoms with Crippen LogP contribution in [0.4, 0.5) is 5.69 Å². The van der Waals surface area contributed by atoms with Crippen molar-refractivity contribution < 1.29 is 4.79 Å². The standard InChI is InChI=1S/C12H8N6O/c13-4-9-11(5-14)18(6-17-9)10-2-1-7(12(16)19)3-8(10)15/h1-3,6H,15H2,(H2,16,19). The Kier molecular flexibility index (Phi) is 2.88. The Morgan fingerprint density at radius 1 is 1.32 bits per heavy atom. The normalized spacial score (nSPS) is 9.58. The minimum Gasteiger partial charge on any atom is -0.397 e. The van der Waals surface area contributed by atoms with Gasteiger partial charge in [-0.05, 0) is 18.2 Å². The van der Waals surface area contributed by atoms with Crippen molar-refractivity contribution in [3.05, 3.63) is 41.5 Å². The summed E-state index contributed by atoms with van der Waals surface area (Å²) in [6.07, 6.45) is 1.33. The Labute approximate surface area is 108 Å². The van der Waals surface area contributed by atoms with E-state index < -0.39 is 5.91 Å². The number of nitrogen functional groups attached to an aromatic ring is 1. The van der Waals surface area contributed by atoms with Gasteiger partial charge in [0, 0.05) is 5.56 Å². The van der Waals surface area contributed by atoms with Gasteiger partial charge in [0.05, 0.1) is 11.4 Å². The number of primary amides is 1. The predicted molar refractivity (Wildman–Crippen MR) is 65.9 cm³/mol. The molecule has 1 aromatic heterocycles. The molecule has 0 aliphatic rings. The number of imidazole rings is 1. The molecule has 0 unspecified atom stereocenters. The highest BCUT2D eigenvalue weighted by Gasteiger charge is 2.14. The van der Waals surface area contributed by atoms with Crippen molar-refractivity contribution >= 4 is 11.6 Å². The van der Waals surface area contributed by atoms with Crippen LogP contribution in [-0.2, 0) is 0 Å². The Morgan fingerprint density at radius 2 is 2.05 bits per heavy atom. The largest absolute Gasteiger partial charge is 0.397 e. The average Bonchev–Trinajstić information content (AvgIpc) is 2.80. The molecule has 0 radical (unpaired) electrons. The van der Waals surface area contributed by atoms with E-state index in [4.69, 9.17) is 22.0 Å². The molecule has 1 amide bonds. The molecule has 0 bridgehead atoms. The van der Waals surface area contributed by atoms with Crippen molar-refractivity contribution in [2.75, 3.05) is 5.73 Å². The molecule has 0 saturated carbocycles. The minimum absolute atomic E-state index is 0.0147. The van der Waals surface area contributed by atoms with Crippen LogP contribution in [0.2, 0.25) is 0 Å². The topological polar surface area (TPSA) is 135 Å². The van der Waals surface area contributed by atoms with Crippen LogP contribution in [-0.4, -0.2) is 15.5 Å². The summed E-state index contributed by atoms with van der Waals surface area (Å²) in [5.74, 6) is -0.595. The van der Waals surface area contributed by atoms with Gasteiger partial charge in [0.15, 0.2) is 11.4 Å². The molecule has 0 aliphatic heterocycles. The maximum absolute atomic E-state index is 11.0. The van der Waals surface area contributed by atoms with Crippen molar-refractivity contribution in [3.8, 4) is 17.8 Å². The molecule has 2 rings (SSSR count). The van der Waals surface area contributed by atoms with Gasteiger partial charge in [0.25, 0.3) is 0 Å². The lowest BCUT2D eigenvalue weighted by Gasteiger charge is -2.08. The maximum Gasteiger partial charge on any atom is 0.248 e. The van der Waals surface area contributed by atoms with Crippen LogP contribution < -0.4 is 11.5 Å². The Bertz CT molecular complexity index is 747. The fourth-order valence-electron chi connectivity index (χ4n) is 1.65. The van der Waals surface area contributed by atoms with Gasteiger partial charge >= 0.3 is 0 Å². The number of aromatic nitrogens is 2. The number of carbonyl (C=O) groups excluding carboxylic acids is 1. The van der Waals surface area contributed by atoms with E-state index >= 15 is 0 Å². The molecule has 7 nitrogen and oxygen atoms in total. The second kappa shape index (κ2) is 4.51. The first kappa shape index (κ1) is 12.1. The van der Waals surface area contributed by atoms with Gasteiger partial charge in [-0.2, -0.15) is 10.5 Å². The zero-order valence-electron chi connectivity index (χ0n) is 9.66. The lowest BCUT2D eigenvalue weighted by atomic mass is 10.1. The summed E-state index contributed by atoms with van der Waals surface area (Å²) in [6.45, 7) is 0. The SMILES string of the molecule is N#Cc1ncn(-c2ccc(C(N)=O)cc2N)c1C#N. The lowest BCUT2D eigenvalue weighted by molar-refractivity contribution is 0.100. The number of nitrogens with zero attached hydrogens (tertiary/aromatic N) is 4. The van der Waals surface area contributed by atoms with E-state index in [2.05, 4.69) is 4.98 Å². The van der Waals surface area contributed by atoms with Crippen LogP contribution in [0, 0.1) is 22.7 Å². The molecule has 0 atom stereocenters.